The zero-order chi connectivity index (χ0) is 12.7. The molecule has 1 fully saturated rings. The van der Waals surface area contributed by atoms with Gasteiger partial charge in [0.1, 0.15) is 0 Å². The monoisotopic (exact) mass is 241 g/mol. The zero-order valence-corrected chi connectivity index (χ0v) is 11.2. The van der Waals surface area contributed by atoms with Crippen LogP contribution in [0.5, 0.6) is 0 Å². The van der Waals surface area contributed by atoms with Crippen molar-refractivity contribution >= 4 is 5.91 Å². The molecule has 1 rings (SSSR count). The predicted molar refractivity (Wildman–Crippen MR) is 70.8 cm³/mol. The van der Waals surface area contributed by atoms with Crippen LogP contribution >= 0.6 is 0 Å². The van der Waals surface area contributed by atoms with E-state index in [-0.39, 0.29) is 11.9 Å². The van der Waals surface area contributed by atoms with E-state index in [0.717, 1.165) is 26.1 Å². The van der Waals surface area contributed by atoms with Gasteiger partial charge in [0.05, 0.1) is 6.04 Å². The Morgan fingerprint density at radius 3 is 2.59 bits per heavy atom. The van der Waals surface area contributed by atoms with Gasteiger partial charge >= 0.3 is 0 Å². The van der Waals surface area contributed by atoms with Gasteiger partial charge in [0, 0.05) is 12.6 Å². The van der Waals surface area contributed by atoms with Crippen molar-refractivity contribution in [2.75, 3.05) is 19.6 Å². The lowest BCUT2D eigenvalue weighted by atomic mass is 10.2. The molecule has 4 nitrogen and oxygen atoms in total. The largest absolute Gasteiger partial charge is 0.368 e. The second-order valence-corrected chi connectivity index (χ2v) is 4.99. The fourth-order valence-corrected chi connectivity index (χ4v) is 2.03. The van der Waals surface area contributed by atoms with E-state index in [1.54, 1.807) is 0 Å². The fraction of sp³-hybridized carbons (Fsp3) is 0.923. The van der Waals surface area contributed by atoms with Gasteiger partial charge in [0.15, 0.2) is 0 Å². The molecule has 4 heteroatoms. The smallest absolute Gasteiger partial charge is 0.235 e. The second kappa shape index (κ2) is 7.67. The van der Waals surface area contributed by atoms with Crippen molar-refractivity contribution < 1.29 is 4.79 Å². The summed E-state index contributed by atoms with van der Waals surface area (Å²) in [5, 5.41) is 3.24. The molecular weight excluding hydrogens is 214 g/mol. The number of nitrogens with zero attached hydrogens (tertiary/aromatic N) is 1. The van der Waals surface area contributed by atoms with Crippen LogP contribution in [-0.2, 0) is 4.79 Å². The van der Waals surface area contributed by atoms with E-state index in [9.17, 15) is 4.79 Å². The summed E-state index contributed by atoms with van der Waals surface area (Å²) in [5.41, 5.74) is 5.45. The lowest BCUT2D eigenvalue weighted by Gasteiger charge is -2.26. The van der Waals surface area contributed by atoms with Crippen LogP contribution in [0.15, 0.2) is 0 Å². The van der Waals surface area contributed by atoms with Crippen LogP contribution in [0.2, 0.25) is 0 Å². The Balaban J connectivity index is 2.40. The molecule has 0 spiro atoms. The average Bonchev–Trinajstić information content (AvgIpc) is 3.12. The van der Waals surface area contributed by atoms with E-state index in [1.807, 2.05) is 0 Å². The molecule has 1 aliphatic rings. The molecule has 1 aliphatic carbocycles. The molecule has 1 amide bonds. The van der Waals surface area contributed by atoms with Crippen LogP contribution in [0.1, 0.15) is 46.0 Å². The zero-order valence-electron chi connectivity index (χ0n) is 11.2. The van der Waals surface area contributed by atoms with Gasteiger partial charge in [-0.1, -0.05) is 20.3 Å². The second-order valence-electron chi connectivity index (χ2n) is 4.99. The highest BCUT2D eigenvalue weighted by atomic mass is 16.1. The third kappa shape index (κ3) is 5.50. The molecule has 3 N–H and O–H groups in total. The quantitative estimate of drug-likeness (QED) is 0.602. The summed E-state index contributed by atoms with van der Waals surface area (Å²) in [6.07, 6.45) is 6.00. The van der Waals surface area contributed by atoms with Gasteiger partial charge < -0.3 is 11.1 Å². The number of rotatable bonds is 10. The Morgan fingerprint density at radius 1 is 1.41 bits per heavy atom. The minimum Gasteiger partial charge on any atom is -0.368 e. The number of carbonyl (C=O) groups is 1. The first kappa shape index (κ1) is 14.5. The molecule has 0 saturated heterocycles. The van der Waals surface area contributed by atoms with Crippen LogP contribution < -0.4 is 11.1 Å². The van der Waals surface area contributed by atoms with E-state index < -0.39 is 0 Å². The number of primary amides is 1. The number of unbranched alkanes of at least 4 members (excludes halogenated alkanes) is 1. The molecule has 1 atom stereocenters. The van der Waals surface area contributed by atoms with Gasteiger partial charge in [-0.3, -0.25) is 9.69 Å². The molecule has 17 heavy (non-hydrogen) atoms. The number of nitrogens with two attached hydrogens (primary N) is 1. The highest BCUT2D eigenvalue weighted by molar-refractivity contribution is 5.80. The Hall–Kier alpha value is -0.610. The van der Waals surface area contributed by atoms with E-state index >= 15 is 0 Å². The molecular formula is C13H27N3O. The Morgan fingerprint density at radius 2 is 2.12 bits per heavy atom. The number of amides is 1. The molecule has 0 radical (unpaired) electrons. The lowest BCUT2D eigenvalue weighted by Crippen LogP contribution is -2.50. The highest BCUT2D eigenvalue weighted by Crippen LogP contribution is 2.27. The molecule has 0 aliphatic heterocycles. The van der Waals surface area contributed by atoms with Crippen molar-refractivity contribution in [3.8, 4) is 0 Å². The van der Waals surface area contributed by atoms with Crippen molar-refractivity contribution in [2.45, 2.75) is 58.0 Å². The highest BCUT2D eigenvalue weighted by Gasteiger charge is 2.31. The first-order valence-corrected chi connectivity index (χ1v) is 6.95. The Kier molecular flexibility index (Phi) is 6.52. The topological polar surface area (TPSA) is 58.4 Å². The molecule has 0 aromatic rings. The standard InChI is InChI=1S/C13H27N3O/c1-3-5-9-16(11-6-7-11)10-12(13(14)17)15-8-4-2/h11-12,15H,3-10H2,1-2H3,(H2,14,17). The first-order chi connectivity index (χ1) is 8.19. The van der Waals surface area contributed by atoms with Crippen molar-refractivity contribution in [3.05, 3.63) is 0 Å². The summed E-state index contributed by atoms with van der Waals surface area (Å²) in [4.78, 5) is 13.8. The third-order valence-corrected chi connectivity index (χ3v) is 3.26. The molecule has 1 unspecified atom stereocenters. The minimum absolute atomic E-state index is 0.188. The molecule has 100 valence electrons. The predicted octanol–water partition coefficient (Wildman–Crippen LogP) is 1.10. The third-order valence-electron chi connectivity index (χ3n) is 3.26. The number of hydrogen-bond acceptors (Lipinski definition) is 3. The van der Waals surface area contributed by atoms with Crippen LogP contribution in [0.4, 0.5) is 0 Å². The maximum absolute atomic E-state index is 11.4. The maximum atomic E-state index is 11.4. The number of hydrogen-bond donors (Lipinski definition) is 2. The summed E-state index contributed by atoms with van der Waals surface area (Å²) in [7, 11) is 0. The van der Waals surface area contributed by atoms with E-state index in [2.05, 4.69) is 24.1 Å². The van der Waals surface area contributed by atoms with Crippen molar-refractivity contribution in [3.63, 3.8) is 0 Å². The summed E-state index contributed by atoms with van der Waals surface area (Å²) in [6, 6.07) is 0.513. The van der Waals surface area contributed by atoms with Gasteiger partial charge in [0.2, 0.25) is 5.91 Å². The van der Waals surface area contributed by atoms with Crippen molar-refractivity contribution in [2.24, 2.45) is 5.73 Å². The first-order valence-electron chi connectivity index (χ1n) is 6.95. The van der Waals surface area contributed by atoms with Gasteiger partial charge in [0.25, 0.3) is 0 Å². The van der Waals surface area contributed by atoms with E-state index in [0.29, 0.717) is 6.04 Å². The molecule has 0 aromatic heterocycles. The van der Waals surface area contributed by atoms with Gasteiger partial charge in [-0.15, -0.1) is 0 Å². The molecule has 0 bridgehead atoms. The van der Waals surface area contributed by atoms with E-state index in [4.69, 9.17) is 5.73 Å². The van der Waals surface area contributed by atoms with Gasteiger partial charge in [-0.2, -0.15) is 0 Å². The average molecular weight is 241 g/mol. The van der Waals surface area contributed by atoms with Crippen LogP contribution in [0, 0.1) is 0 Å². The van der Waals surface area contributed by atoms with Gasteiger partial charge in [-0.25, -0.2) is 0 Å². The number of nitrogens with one attached hydrogen (secondary N) is 1. The molecule has 0 heterocycles. The van der Waals surface area contributed by atoms with Crippen LogP contribution in [0.3, 0.4) is 0 Å². The Labute approximate surface area is 105 Å². The van der Waals surface area contributed by atoms with Crippen LogP contribution in [-0.4, -0.2) is 42.5 Å². The van der Waals surface area contributed by atoms with Crippen molar-refractivity contribution in [1.82, 2.24) is 10.2 Å². The van der Waals surface area contributed by atoms with E-state index in [1.165, 1.54) is 25.7 Å². The van der Waals surface area contributed by atoms with Gasteiger partial charge in [-0.05, 0) is 38.8 Å². The maximum Gasteiger partial charge on any atom is 0.235 e. The minimum atomic E-state index is -0.222. The Bertz CT molecular complexity index is 229. The summed E-state index contributed by atoms with van der Waals surface area (Å²) in [6.45, 7) is 7.03. The number of carbonyl (C=O) groups excluding carboxylic acids is 1. The van der Waals surface area contributed by atoms with Crippen LogP contribution in [0.25, 0.3) is 0 Å². The summed E-state index contributed by atoms with van der Waals surface area (Å²) < 4.78 is 0. The summed E-state index contributed by atoms with van der Waals surface area (Å²) >= 11 is 0. The van der Waals surface area contributed by atoms with Crippen molar-refractivity contribution in [1.29, 1.82) is 0 Å². The molecule has 1 saturated carbocycles. The fourth-order valence-electron chi connectivity index (χ4n) is 2.03. The SMILES string of the molecule is CCCCN(CC(NCCC)C(N)=O)C1CC1. The lowest BCUT2D eigenvalue weighted by molar-refractivity contribution is -0.120. The summed E-state index contributed by atoms with van der Waals surface area (Å²) in [5.74, 6) is -0.222. The normalized spacial score (nSPS) is 17.4. The molecule has 0 aromatic carbocycles.